The summed E-state index contributed by atoms with van der Waals surface area (Å²) in [5, 5.41) is 0. The van der Waals surface area contributed by atoms with Gasteiger partial charge in [0.05, 0.1) is 18.6 Å². The molecule has 2 unspecified atom stereocenters. The largest absolute Gasteiger partial charge is 0.490 e. The van der Waals surface area contributed by atoms with Crippen LogP contribution in [0.5, 0.6) is 5.75 Å². The number of hydrogen-bond donors (Lipinski definition) is 1. The molecule has 3 aliphatic rings. The topological polar surface area (TPSA) is 80.0 Å². The first-order valence-corrected chi connectivity index (χ1v) is 8.99. The summed E-state index contributed by atoms with van der Waals surface area (Å²) in [5.41, 5.74) is 0.796. The van der Waals surface area contributed by atoms with Crippen LogP contribution in [0.2, 0.25) is 0 Å². The van der Waals surface area contributed by atoms with Crippen LogP contribution in [0.3, 0.4) is 0 Å². The predicted molar refractivity (Wildman–Crippen MR) is 88.1 cm³/mol. The molecule has 2 N–H and O–H groups in total. The zero-order chi connectivity index (χ0) is 16.9. The molecule has 0 aromatic heterocycles. The number of hydrogen-bond acceptors (Lipinski definition) is 6. The average Bonchev–Trinajstić information content (AvgIpc) is 2.92. The van der Waals surface area contributed by atoms with Crippen LogP contribution in [0.4, 0.5) is 0 Å². The maximum Gasteiger partial charge on any atom is 0.332 e. The van der Waals surface area contributed by atoms with Gasteiger partial charge in [0.25, 0.3) is 0 Å². The molecule has 1 saturated heterocycles. The molecule has 130 valence electrons. The second-order valence-corrected chi connectivity index (χ2v) is 7.73. The number of carbonyl (C=O) groups is 1. The molecule has 2 heterocycles. The van der Waals surface area contributed by atoms with Crippen molar-refractivity contribution in [3.05, 3.63) is 28.2 Å². The fourth-order valence-corrected chi connectivity index (χ4v) is 4.61. The van der Waals surface area contributed by atoms with Crippen LogP contribution in [0.25, 0.3) is 0 Å². The van der Waals surface area contributed by atoms with Gasteiger partial charge < -0.3 is 19.0 Å². The lowest BCUT2D eigenvalue weighted by atomic mass is 9.71. The molecule has 1 saturated carbocycles. The summed E-state index contributed by atoms with van der Waals surface area (Å²) in [6, 6.07) is 5.67. The van der Waals surface area contributed by atoms with Gasteiger partial charge in [-0.3, -0.25) is 0 Å². The van der Waals surface area contributed by atoms with Gasteiger partial charge in [-0.1, -0.05) is 15.9 Å². The summed E-state index contributed by atoms with van der Waals surface area (Å²) in [5.74, 6) is 4.28. The van der Waals surface area contributed by atoms with Crippen molar-refractivity contribution in [3.63, 3.8) is 0 Å². The number of ether oxygens (including phenoxy) is 3. The summed E-state index contributed by atoms with van der Waals surface area (Å²) in [7, 11) is 0. The highest BCUT2D eigenvalue weighted by atomic mass is 79.9. The van der Waals surface area contributed by atoms with E-state index >= 15 is 0 Å². The van der Waals surface area contributed by atoms with E-state index in [1.165, 1.54) is 0 Å². The monoisotopic (exact) mass is 397 g/mol. The Morgan fingerprint density at radius 1 is 1.46 bits per heavy atom. The van der Waals surface area contributed by atoms with Gasteiger partial charge in [0.1, 0.15) is 11.9 Å². The lowest BCUT2D eigenvalue weighted by Crippen LogP contribution is -2.50. The Balaban J connectivity index is 1.72. The molecule has 1 spiro atoms. The van der Waals surface area contributed by atoms with Gasteiger partial charge in [-0.2, -0.15) is 5.90 Å². The van der Waals surface area contributed by atoms with E-state index in [-0.39, 0.29) is 18.1 Å². The number of benzene rings is 1. The number of fused-ring (bicyclic) bond motifs is 2. The van der Waals surface area contributed by atoms with E-state index in [0.717, 1.165) is 22.9 Å². The van der Waals surface area contributed by atoms with E-state index in [9.17, 15) is 4.79 Å². The van der Waals surface area contributed by atoms with Crippen molar-refractivity contribution in [1.29, 1.82) is 0 Å². The Bertz CT molecular complexity index is 668. The maximum absolute atomic E-state index is 12.5. The molecular formula is C17H20BrNO5. The minimum Gasteiger partial charge on any atom is -0.490 e. The number of halogens is 1. The molecule has 0 radical (unpaired) electrons. The van der Waals surface area contributed by atoms with Crippen LogP contribution in [0.1, 0.15) is 37.7 Å². The van der Waals surface area contributed by atoms with Crippen molar-refractivity contribution in [2.75, 3.05) is 6.61 Å². The lowest BCUT2D eigenvalue weighted by molar-refractivity contribution is -0.212. The standard InChI is InChI=1S/C17H20BrNO5/c1-9-8-21-17(23-9)5-4-14-12(7-17)15(16(20)24-19)11-6-10(18)2-3-13(11)22-14/h2-3,6,9,12,14-15H,4-5,7-8,19H2,1H3/t9?,12-,14-,15-,17?/m0/s1. The molecule has 2 fully saturated rings. The number of rotatable bonds is 1. The lowest BCUT2D eigenvalue weighted by Gasteiger charge is -2.46. The van der Waals surface area contributed by atoms with E-state index < -0.39 is 17.7 Å². The summed E-state index contributed by atoms with van der Waals surface area (Å²) >= 11 is 3.46. The van der Waals surface area contributed by atoms with Gasteiger partial charge in [-0.05, 0) is 31.5 Å². The van der Waals surface area contributed by atoms with Crippen LogP contribution >= 0.6 is 15.9 Å². The van der Waals surface area contributed by atoms with Gasteiger partial charge in [0.2, 0.25) is 0 Å². The number of carbonyl (C=O) groups excluding carboxylic acids is 1. The van der Waals surface area contributed by atoms with Crippen LogP contribution in [-0.2, 0) is 19.1 Å². The molecular weight excluding hydrogens is 378 g/mol. The average molecular weight is 398 g/mol. The minimum atomic E-state index is -0.624. The Morgan fingerprint density at radius 2 is 2.29 bits per heavy atom. The van der Waals surface area contributed by atoms with Gasteiger partial charge in [0, 0.05) is 28.8 Å². The van der Waals surface area contributed by atoms with Crippen molar-refractivity contribution >= 4 is 21.9 Å². The first-order valence-electron chi connectivity index (χ1n) is 8.20. The second-order valence-electron chi connectivity index (χ2n) is 6.81. The van der Waals surface area contributed by atoms with Gasteiger partial charge >= 0.3 is 5.97 Å². The van der Waals surface area contributed by atoms with E-state index in [1.807, 2.05) is 25.1 Å². The fraction of sp³-hybridized carbons (Fsp3) is 0.588. The highest BCUT2D eigenvalue weighted by Gasteiger charge is 2.54. The molecule has 1 aromatic rings. The molecule has 24 heavy (non-hydrogen) atoms. The van der Waals surface area contributed by atoms with E-state index in [0.29, 0.717) is 18.8 Å². The van der Waals surface area contributed by atoms with Crippen molar-refractivity contribution < 1.29 is 23.8 Å². The number of nitrogens with two attached hydrogens (primary N) is 1. The van der Waals surface area contributed by atoms with Crippen LogP contribution in [0.15, 0.2) is 22.7 Å². The first-order chi connectivity index (χ1) is 11.5. The summed E-state index contributed by atoms with van der Waals surface area (Å²) in [6.07, 6.45) is 2.10. The molecule has 6 nitrogen and oxygen atoms in total. The van der Waals surface area contributed by atoms with Crippen LogP contribution < -0.4 is 10.6 Å². The highest BCUT2D eigenvalue weighted by molar-refractivity contribution is 9.10. The minimum absolute atomic E-state index is 0.0624. The molecule has 1 aromatic carbocycles. The molecule has 7 heteroatoms. The van der Waals surface area contributed by atoms with E-state index in [2.05, 4.69) is 20.8 Å². The molecule has 0 amide bonds. The zero-order valence-corrected chi connectivity index (χ0v) is 15.0. The van der Waals surface area contributed by atoms with E-state index in [1.54, 1.807) is 0 Å². The first kappa shape index (κ1) is 16.3. The Labute approximate surface area is 148 Å². The quantitative estimate of drug-likeness (QED) is 0.733. The smallest absolute Gasteiger partial charge is 0.332 e. The molecule has 4 rings (SSSR count). The summed E-state index contributed by atoms with van der Waals surface area (Å²) in [4.78, 5) is 17.1. The van der Waals surface area contributed by atoms with Crippen molar-refractivity contribution in [2.24, 2.45) is 11.8 Å². The molecule has 5 atom stereocenters. The summed E-state index contributed by atoms with van der Waals surface area (Å²) < 4.78 is 19.0. The zero-order valence-electron chi connectivity index (χ0n) is 13.4. The fourth-order valence-electron chi connectivity index (χ4n) is 4.23. The molecule has 1 aliphatic carbocycles. The third kappa shape index (κ3) is 2.63. The van der Waals surface area contributed by atoms with E-state index in [4.69, 9.17) is 20.1 Å². The Morgan fingerprint density at radius 3 is 3.00 bits per heavy atom. The third-order valence-corrected chi connectivity index (χ3v) is 5.71. The third-order valence-electron chi connectivity index (χ3n) is 5.21. The van der Waals surface area contributed by atoms with Gasteiger partial charge in [-0.25, -0.2) is 4.79 Å². The normalized spacial score (nSPS) is 37.5. The Kier molecular flexibility index (Phi) is 4.07. The van der Waals surface area contributed by atoms with Crippen LogP contribution in [-0.4, -0.2) is 30.6 Å². The second kappa shape index (κ2) is 5.98. The van der Waals surface area contributed by atoms with Crippen LogP contribution in [0, 0.1) is 5.92 Å². The Hall–Kier alpha value is -1.15. The van der Waals surface area contributed by atoms with Crippen molar-refractivity contribution in [1.82, 2.24) is 0 Å². The SMILES string of the molecule is CC1COC2(CC[C@@H]3Oc4ccc(Br)cc4[C@H](C(=O)ON)[C@H]3C2)O1. The van der Waals surface area contributed by atoms with Gasteiger partial charge in [0.15, 0.2) is 5.79 Å². The van der Waals surface area contributed by atoms with Crippen molar-refractivity contribution in [2.45, 2.75) is 50.1 Å². The van der Waals surface area contributed by atoms with Gasteiger partial charge in [-0.15, -0.1) is 0 Å². The summed E-state index contributed by atoms with van der Waals surface area (Å²) in [6.45, 7) is 2.57. The highest BCUT2D eigenvalue weighted by Crippen LogP contribution is 2.51. The predicted octanol–water partition coefficient (Wildman–Crippen LogP) is 2.64. The van der Waals surface area contributed by atoms with Crippen molar-refractivity contribution in [3.8, 4) is 5.75 Å². The molecule has 2 aliphatic heterocycles. The molecule has 0 bridgehead atoms. The maximum atomic E-state index is 12.5.